The van der Waals surface area contributed by atoms with E-state index in [-0.39, 0.29) is 11.9 Å². The van der Waals surface area contributed by atoms with Crippen LogP contribution in [0.15, 0.2) is 66.7 Å². The number of hydrogen-bond donors (Lipinski definition) is 3. The smallest absolute Gasteiger partial charge is 0.323 e. The van der Waals surface area contributed by atoms with Crippen molar-refractivity contribution in [2.24, 2.45) is 0 Å². The van der Waals surface area contributed by atoms with E-state index in [0.717, 1.165) is 48.4 Å². The van der Waals surface area contributed by atoms with Gasteiger partial charge in [-0.15, -0.1) is 0 Å². The summed E-state index contributed by atoms with van der Waals surface area (Å²) in [6.45, 7) is 5.83. The summed E-state index contributed by atoms with van der Waals surface area (Å²) >= 11 is 0. The molecule has 3 aromatic rings. The molecule has 164 valence electrons. The lowest BCUT2D eigenvalue weighted by molar-refractivity contribution is 0.102. The topological polar surface area (TPSA) is 73.5 Å². The Bertz CT molecular complexity index is 1120. The number of nitrogens with zero attached hydrogens (tertiary/aromatic N) is 1. The number of aryl methyl sites for hydroxylation is 2. The number of benzene rings is 3. The Labute approximate surface area is 188 Å². The highest BCUT2D eigenvalue weighted by Gasteiger charge is 2.18. The largest absolute Gasteiger partial charge is 0.370 e. The zero-order valence-electron chi connectivity index (χ0n) is 18.4. The van der Waals surface area contributed by atoms with E-state index in [1.54, 1.807) is 12.1 Å². The van der Waals surface area contributed by atoms with Crippen LogP contribution in [0.1, 0.15) is 34.3 Å². The Morgan fingerprint density at radius 1 is 0.781 bits per heavy atom. The van der Waals surface area contributed by atoms with Gasteiger partial charge in [-0.25, -0.2) is 4.79 Å². The number of nitrogens with one attached hydrogen (secondary N) is 3. The van der Waals surface area contributed by atoms with Crippen molar-refractivity contribution in [3.05, 3.63) is 83.4 Å². The van der Waals surface area contributed by atoms with Gasteiger partial charge >= 0.3 is 6.03 Å². The van der Waals surface area contributed by atoms with Crippen molar-refractivity contribution in [3.8, 4) is 0 Å². The van der Waals surface area contributed by atoms with Gasteiger partial charge in [0.25, 0.3) is 5.91 Å². The Morgan fingerprint density at radius 2 is 1.47 bits per heavy atom. The molecule has 0 saturated carbocycles. The number of hydrogen-bond acceptors (Lipinski definition) is 3. The Morgan fingerprint density at radius 3 is 2.19 bits per heavy atom. The standard InChI is InChI=1S/C26H28N4O2/c1-18-9-11-20(12-10-18)25(31)27-21-13-14-24(30-15-5-6-16-30)23(17-21)29-26(32)28-22-8-4-3-7-19(22)2/h3-4,7-14,17H,5-6,15-16H2,1-2H3,(H,27,31)(H2,28,29,32). The van der Waals surface area contributed by atoms with E-state index in [0.29, 0.717) is 16.9 Å². The first-order valence-corrected chi connectivity index (χ1v) is 10.9. The average Bonchev–Trinajstić information content (AvgIpc) is 3.31. The third-order valence-corrected chi connectivity index (χ3v) is 5.66. The molecule has 0 radical (unpaired) electrons. The minimum atomic E-state index is -0.318. The van der Waals surface area contributed by atoms with Crippen LogP contribution in [-0.2, 0) is 0 Å². The summed E-state index contributed by atoms with van der Waals surface area (Å²) in [5.74, 6) is -0.186. The van der Waals surface area contributed by atoms with E-state index < -0.39 is 0 Å². The number of carbonyl (C=O) groups excluding carboxylic acids is 2. The second-order valence-corrected chi connectivity index (χ2v) is 8.14. The highest BCUT2D eigenvalue weighted by atomic mass is 16.2. The van der Waals surface area contributed by atoms with Crippen molar-refractivity contribution in [2.75, 3.05) is 33.9 Å². The van der Waals surface area contributed by atoms with E-state index in [1.165, 1.54) is 0 Å². The lowest BCUT2D eigenvalue weighted by Gasteiger charge is -2.23. The van der Waals surface area contributed by atoms with Crippen molar-refractivity contribution in [1.82, 2.24) is 0 Å². The normalized spacial score (nSPS) is 13.0. The fraction of sp³-hybridized carbons (Fsp3) is 0.231. The Kier molecular flexibility index (Phi) is 6.40. The quantitative estimate of drug-likeness (QED) is 0.481. The SMILES string of the molecule is Cc1ccc(C(=O)Nc2ccc(N3CCCC3)c(NC(=O)Nc3ccccc3C)c2)cc1. The Hall–Kier alpha value is -3.80. The fourth-order valence-corrected chi connectivity index (χ4v) is 3.84. The third kappa shape index (κ3) is 5.09. The van der Waals surface area contributed by atoms with Crippen LogP contribution in [0, 0.1) is 13.8 Å². The maximum absolute atomic E-state index is 12.8. The number of para-hydroxylation sites is 1. The van der Waals surface area contributed by atoms with Crippen LogP contribution in [0.5, 0.6) is 0 Å². The Balaban J connectivity index is 1.55. The molecule has 1 fully saturated rings. The molecule has 0 bridgehead atoms. The number of carbonyl (C=O) groups is 2. The fourth-order valence-electron chi connectivity index (χ4n) is 3.84. The van der Waals surface area contributed by atoms with Crippen molar-refractivity contribution >= 4 is 34.7 Å². The lowest BCUT2D eigenvalue weighted by atomic mass is 10.1. The molecule has 6 nitrogen and oxygen atoms in total. The molecule has 0 aromatic heterocycles. The van der Waals surface area contributed by atoms with Gasteiger partial charge in [0.1, 0.15) is 0 Å². The molecule has 0 atom stereocenters. The molecule has 3 aromatic carbocycles. The maximum atomic E-state index is 12.8. The molecular weight excluding hydrogens is 400 g/mol. The predicted molar refractivity (Wildman–Crippen MR) is 131 cm³/mol. The monoisotopic (exact) mass is 428 g/mol. The summed E-state index contributed by atoms with van der Waals surface area (Å²) in [6.07, 6.45) is 2.25. The van der Waals surface area contributed by atoms with Gasteiger partial charge in [0.05, 0.1) is 11.4 Å². The predicted octanol–water partition coefficient (Wildman–Crippen LogP) is 5.80. The van der Waals surface area contributed by atoms with E-state index in [2.05, 4.69) is 20.9 Å². The van der Waals surface area contributed by atoms with E-state index >= 15 is 0 Å². The summed E-state index contributed by atoms with van der Waals surface area (Å²) in [7, 11) is 0. The van der Waals surface area contributed by atoms with Crippen molar-refractivity contribution in [1.29, 1.82) is 0 Å². The molecule has 1 aliphatic heterocycles. The zero-order valence-corrected chi connectivity index (χ0v) is 18.4. The van der Waals surface area contributed by atoms with Crippen molar-refractivity contribution in [3.63, 3.8) is 0 Å². The molecule has 1 saturated heterocycles. The highest BCUT2D eigenvalue weighted by molar-refractivity contribution is 6.06. The number of rotatable bonds is 5. The highest BCUT2D eigenvalue weighted by Crippen LogP contribution is 2.32. The van der Waals surface area contributed by atoms with Crippen LogP contribution in [0.2, 0.25) is 0 Å². The molecule has 1 aliphatic rings. The van der Waals surface area contributed by atoms with Crippen molar-refractivity contribution in [2.45, 2.75) is 26.7 Å². The number of anilines is 4. The summed E-state index contributed by atoms with van der Waals surface area (Å²) in [4.78, 5) is 27.7. The van der Waals surface area contributed by atoms with Crippen LogP contribution >= 0.6 is 0 Å². The molecule has 6 heteroatoms. The van der Waals surface area contributed by atoms with E-state index in [9.17, 15) is 9.59 Å². The summed E-state index contributed by atoms with van der Waals surface area (Å²) in [5, 5.41) is 8.83. The van der Waals surface area contributed by atoms with Crippen molar-refractivity contribution < 1.29 is 9.59 Å². The van der Waals surface area contributed by atoms with Crippen LogP contribution in [0.25, 0.3) is 0 Å². The maximum Gasteiger partial charge on any atom is 0.323 e. The zero-order chi connectivity index (χ0) is 22.5. The summed E-state index contributed by atoms with van der Waals surface area (Å²) in [6, 6.07) is 20.4. The minimum absolute atomic E-state index is 0.186. The van der Waals surface area contributed by atoms with Gasteiger partial charge in [-0.05, 0) is 68.7 Å². The van der Waals surface area contributed by atoms with Gasteiger partial charge in [-0.1, -0.05) is 35.9 Å². The molecule has 0 unspecified atom stereocenters. The van der Waals surface area contributed by atoms with Crippen LogP contribution in [-0.4, -0.2) is 25.0 Å². The first-order valence-electron chi connectivity index (χ1n) is 10.9. The van der Waals surface area contributed by atoms with Gasteiger partial charge in [0.15, 0.2) is 0 Å². The molecule has 1 heterocycles. The van der Waals surface area contributed by atoms with E-state index in [1.807, 2.05) is 68.4 Å². The van der Waals surface area contributed by atoms with Crippen LogP contribution in [0.4, 0.5) is 27.5 Å². The number of urea groups is 1. The molecule has 0 spiro atoms. The molecule has 32 heavy (non-hydrogen) atoms. The first-order chi connectivity index (χ1) is 15.5. The minimum Gasteiger partial charge on any atom is -0.370 e. The van der Waals surface area contributed by atoms with Crippen LogP contribution in [0.3, 0.4) is 0 Å². The van der Waals surface area contributed by atoms with Crippen LogP contribution < -0.4 is 20.9 Å². The summed E-state index contributed by atoms with van der Waals surface area (Å²) < 4.78 is 0. The molecular formula is C26H28N4O2. The molecule has 4 rings (SSSR count). The first kappa shape index (κ1) is 21.4. The van der Waals surface area contributed by atoms with Gasteiger partial charge in [0.2, 0.25) is 0 Å². The van der Waals surface area contributed by atoms with Gasteiger partial charge in [0, 0.05) is 30.0 Å². The number of amides is 3. The second kappa shape index (κ2) is 9.56. The second-order valence-electron chi connectivity index (χ2n) is 8.14. The molecule has 3 amide bonds. The lowest BCUT2D eigenvalue weighted by Crippen LogP contribution is -2.24. The molecule has 3 N–H and O–H groups in total. The van der Waals surface area contributed by atoms with Gasteiger partial charge in [-0.3, -0.25) is 4.79 Å². The molecule has 0 aliphatic carbocycles. The average molecular weight is 429 g/mol. The third-order valence-electron chi connectivity index (χ3n) is 5.66. The van der Waals surface area contributed by atoms with Gasteiger partial charge in [-0.2, -0.15) is 0 Å². The van der Waals surface area contributed by atoms with E-state index in [4.69, 9.17) is 0 Å². The van der Waals surface area contributed by atoms with Gasteiger partial charge < -0.3 is 20.9 Å². The summed E-state index contributed by atoms with van der Waals surface area (Å²) in [5.41, 5.74) is 5.69.